The van der Waals surface area contributed by atoms with Gasteiger partial charge in [0, 0.05) is 51.3 Å². The highest BCUT2D eigenvalue weighted by Crippen LogP contribution is 2.54. The first-order valence-electron chi connectivity index (χ1n) is 14.8. The second kappa shape index (κ2) is 11.9. The Morgan fingerprint density at radius 2 is 1.37 bits per heavy atom. The minimum absolute atomic E-state index is 0.0156. The molecule has 2 aromatic rings. The van der Waals surface area contributed by atoms with Crippen molar-refractivity contribution in [1.29, 1.82) is 0 Å². The molecule has 0 radical (unpaired) electrons. The van der Waals surface area contributed by atoms with E-state index in [0.29, 0.717) is 49.0 Å². The van der Waals surface area contributed by atoms with Crippen molar-refractivity contribution in [2.45, 2.75) is 66.2 Å². The molecule has 0 bridgehead atoms. The lowest BCUT2D eigenvalue weighted by atomic mass is 9.63. The number of hydrogen-bond donors (Lipinski definition) is 0. The van der Waals surface area contributed by atoms with Gasteiger partial charge in [-0.2, -0.15) is 0 Å². The van der Waals surface area contributed by atoms with Crippen LogP contribution in [0.2, 0.25) is 0 Å². The molecule has 0 spiro atoms. The van der Waals surface area contributed by atoms with E-state index in [1.165, 1.54) is 0 Å². The van der Waals surface area contributed by atoms with Gasteiger partial charge in [-0.1, -0.05) is 67.9 Å². The Morgan fingerprint density at radius 3 is 1.88 bits per heavy atom. The minimum Gasteiger partial charge on any atom is -0.494 e. The molecule has 5 rings (SSSR count). The highest BCUT2D eigenvalue weighted by Gasteiger charge is 2.49. The van der Waals surface area contributed by atoms with Crippen LogP contribution >= 0.6 is 15.9 Å². The van der Waals surface area contributed by atoms with Crippen molar-refractivity contribution in [3.63, 3.8) is 0 Å². The quantitative estimate of drug-likeness (QED) is 0.226. The van der Waals surface area contributed by atoms with Crippen molar-refractivity contribution in [3.05, 3.63) is 86.7 Å². The summed E-state index contributed by atoms with van der Waals surface area (Å²) in [5.74, 6) is -0.719. The third-order valence-corrected chi connectivity index (χ3v) is 8.89. The predicted octanol–water partition coefficient (Wildman–Crippen LogP) is 6.96. The van der Waals surface area contributed by atoms with Gasteiger partial charge in [0.15, 0.2) is 24.0 Å². The van der Waals surface area contributed by atoms with Gasteiger partial charge in [0.05, 0.1) is 6.61 Å². The normalized spacial score (nSPS) is 19.6. The van der Waals surface area contributed by atoms with E-state index in [4.69, 9.17) is 9.47 Å². The molecular formula is C35H38BrNO6. The lowest BCUT2D eigenvalue weighted by Gasteiger charge is -2.48. The van der Waals surface area contributed by atoms with Crippen LogP contribution in [0.25, 0.3) is 0 Å². The van der Waals surface area contributed by atoms with E-state index >= 15 is 0 Å². The molecule has 226 valence electrons. The first-order valence-corrected chi connectivity index (χ1v) is 15.5. The molecule has 0 unspecified atom stereocenters. The molecule has 43 heavy (non-hydrogen) atoms. The molecule has 2 aliphatic carbocycles. The summed E-state index contributed by atoms with van der Waals surface area (Å²) in [6.07, 6.45) is 1.83. The summed E-state index contributed by atoms with van der Waals surface area (Å²) < 4.78 is 12.0. The van der Waals surface area contributed by atoms with Crippen molar-refractivity contribution >= 4 is 39.2 Å². The number of hydrogen-bond acceptors (Lipinski definition) is 7. The van der Waals surface area contributed by atoms with Crippen LogP contribution in [0.1, 0.15) is 82.1 Å². The standard InChI is InChI=1S/C35H38BrNO6/c1-6-42-24-13-9-22(10-14-24)31-32-25(15-34(2,3)17-27(32)38)37(26-16-35(4,5)18-28(39)33(26)31)19-30(41)43-20-29(40)21-7-11-23(36)12-8-21/h7-14,31H,6,15-20H2,1-5H3. The van der Waals surface area contributed by atoms with Crippen LogP contribution in [0.3, 0.4) is 0 Å². The third-order valence-electron chi connectivity index (χ3n) is 8.36. The average molecular weight is 649 g/mol. The van der Waals surface area contributed by atoms with Gasteiger partial charge >= 0.3 is 5.97 Å². The Kier molecular flexibility index (Phi) is 8.54. The van der Waals surface area contributed by atoms with E-state index in [9.17, 15) is 19.2 Å². The van der Waals surface area contributed by atoms with Crippen molar-refractivity contribution in [3.8, 4) is 5.75 Å². The Labute approximate surface area is 261 Å². The maximum Gasteiger partial charge on any atom is 0.326 e. The van der Waals surface area contributed by atoms with Gasteiger partial charge in [-0.15, -0.1) is 0 Å². The number of benzene rings is 2. The van der Waals surface area contributed by atoms with Crippen molar-refractivity contribution < 1.29 is 28.7 Å². The first kappa shape index (κ1) is 30.9. The number of Topliss-reactive ketones (excluding diaryl/α,β-unsaturated/α-hetero) is 3. The molecule has 0 saturated heterocycles. The van der Waals surface area contributed by atoms with Crippen molar-refractivity contribution in [2.24, 2.45) is 10.8 Å². The van der Waals surface area contributed by atoms with E-state index in [-0.39, 0.29) is 34.7 Å². The van der Waals surface area contributed by atoms with E-state index in [1.807, 2.05) is 63.8 Å². The van der Waals surface area contributed by atoms with E-state index in [2.05, 4.69) is 15.9 Å². The highest BCUT2D eigenvalue weighted by molar-refractivity contribution is 9.10. The van der Waals surface area contributed by atoms with Crippen LogP contribution in [0, 0.1) is 10.8 Å². The van der Waals surface area contributed by atoms with Crippen molar-refractivity contribution in [1.82, 2.24) is 4.90 Å². The van der Waals surface area contributed by atoms with E-state index in [0.717, 1.165) is 27.2 Å². The second-order valence-corrected chi connectivity index (χ2v) is 14.1. The van der Waals surface area contributed by atoms with Crippen LogP contribution in [0.5, 0.6) is 5.75 Å². The maximum absolute atomic E-state index is 13.9. The molecule has 3 aliphatic rings. The number of carbonyl (C=O) groups is 4. The molecule has 8 heteroatoms. The zero-order valence-corrected chi connectivity index (χ0v) is 27.0. The van der Waals surface area contributed by atoms with Crippen LogP contribution in [-0.4, -0.2) is 48.0 Å². The van der Waals surface area contributed by atoms with E-state index in [1.54, 1.807) is 24.3 Å². The smallest absolute Gasteiger partial charge is 0.326 e. The van der Waals surface area contributed by atoms with Gasteiger partial charge in [0.25, 0.3) is 0 Å². The number of nitrogens with zero attached hydrogens (tertiary/aromatic N) is 1. The lowest BCUT2D eigenvalue weighted by Crippen LogP contribution is -2.46. The lowest BCUT2D eigenvalue weighted by molar-refractivity contribution is -0.143. The highest BCUT2D eigenvalue weighted by atomic mass is 79.9. The molecule has 0 aromatic heterocycles. The van der Waals surface area contributed by atoms with Gasteiger partial charge in [-0.25, -0.2) is 0 Å². The van der Waals surface area contributed by atoms with Gasteiger partial charge in [0.2, 0.25) is 0 Å². The monoisotopic (exact) mass is 647 g/mol. The fourth-order valence-corrected chi connectivity index (χ4v) is 6.80. The van der Waals surface area contributed by atoms with Gasteiger partial charge in [0.1, 0.15) is 12.3 Å². The molecular weight excluding hydrogens is 610 g/mol. The number of esters is 1. The topological polar surface area (TPSA) is 90.0 Å². The third kappa shape index (κ3) is 6.54. The number of rotatable bonds is 8. The SMILES string of the molecule is CCOc1ccc(C2C3=C(CC(C)(C)CC3=O)N(CC(=O)OCC(=O)c3ccc(Br)cc3)C3=C2C(=O)CC(C)(C)C3)cc1. The summed E-state index contributed by atoms with van der Waals surface area (Å²) in [4.78, 5) is 55.8. The van der Waals surface area contributed by atoms with Crippen molar-refractivity contribution in [2.75, 3.05) is 19.8 Å². The molecule has 7 nitrogen and oxygen atoms in total. The first-order chi connectivity index (χ1) is 20.3. The predicted molar refractivity (Wildman–Crippen MR) is 167 cm³/mol. The fraction of sp³-hybridized carbons (Fsp3) is 0.429. The Balaban J connectivity index is 1.54. The molecule has 0 saturated carbocycles. The molecule has 0 fully saturated rings. The van der Waals surface area contributed by atoms with E-state index < -0.39 is 18.5 Å². The molecule has 1 aliphatic heterocycles. The summed E-state index contributed by atoms with van der Waals surface area (Å²) in [7, 11) is 0. The van der Waals surface area contributed by atoms with Crippen LogP contribution < -0.4 is 4.74 Å². The van der Waals surface area contributed by atoms with Gasteiger partial charge in [-0.3, -0.25) is 19.2 Å². The summed E-state index contributed by atoms with van der Waals surface area (Å²) >= 11 is 3.36. The average Bonchev–Trinajstić information content (AvgIpc) is 2.92. The fourth-order valence-electron chi connectivity index (χ4n) is 6.54. The summed E-state index contributed by atoms with van der Waals surface area (Å²) in [5.41, 5.74) is 3.33. The Morgan fingerprint density at radius 1 is 0.837 bits per heavy atom. The van der Waals surface area contributed by atoms with Crippen LogP contribution in [0.15, 0.2) is 75.5 Å². The van der Waals surface area contributed by atoms with Gasteiger partial charge in [-0.05, 0) is 60.4 Å². The minimum atomic E-state index is -0.588. The number of ether oxygens (including phenoxy) is 2. The summed E-state index contributed by atoms with van der Waals surface area (Å²) in [6, 6.07) is 14.5. The largest absolute Gasteiger partial charge is 0.494 e. The molecule has 0 amide bonds. The Hall–Kier alpha value is -3.52. The molecule has 2 aromatic carbocycles. The summed E-state index contributed by atoms with van der Waals surface area (Å²) in [6.45, 7) is 10.1. The zero-order chi connectivity index (χ0) is 31.1. The second-order valence-electron chi connectivity index (χ2n) is 13.2. The zero-order valence-electron chi connectivity index (χ0n) is 25.4. The maximum atomic E-state index is 13.9. The number of carbonyl (C=O) groups excluding carboxylic acids is 4. The molecule has 0 atom stereocenters. The summed E-state index contributed by atoms with van der Waals surface area (Å²) in [5, 5.41) is 0. The number of halogens is 1. The molecule has 0 N–H and O–H groups in total. The van der Waals surface area contributed by atoms with Crippen LogP contribution in [-0.2, 0) is 19.1 Å². The number of ketones is 3. The Bertz CT molecular complexity index is 1480. The van der Waals surface area contributed by atoms with Gasteiger partial charge < -0.3 is 14.4 Å². The van der Waals surface area contributed by atoms with Crippen LogP contribution in [0.4, 0.5) is 0 Å². The molecule has 1 heterocycles. The number of allylic oxidation sites excluding steroid dienone is 4.